The number of urea groups is 1. The molecule has 0 radical (unpaired) electrons. The van der Waals surface area contributed by atoms with Crippen LogP contribution >= 0.6 is 11.6 Å². The topological polar surface area (TPSA) is 52.6 Å². The van der Waals surface area contributed by atoms with Gasteiger partial charge in [-0.05, 0) is 0 Å². The van der Waals surface area contributed by atoms with Gasteiger partial charge in [-0.2, -0.15) is 13.2 Å². The molecule has 0 unspecified atom stereocenters. The zero-order chi connectivity index (χ0) is 17.0. The Kier molecular flexibility index (Phi) is 5.51. The number of carbonyl (C=O) groups excluding carboxylic acids is 1. The second-order valence-electron chi connectivity index (χ2n) is 5.24. The number of nitrogens with zero attached hydrogens (tertiary/aromatic N) is 5. The van der Waals surface area contributed by atoms with Crippen molar-refractivity contribution in [2.24, 2.45) is 0 Å². The van der Waals surface area contributed by atoms with Crippen LogP contribution in [0.2, 0.25) is 5.02 Å². The highest BCUT2D eigenvalue weighted by molar-refractivity contribution is 6.32. The summed E-state index contributed by atoms with van der Waals surface area (Å²) in [5.74, 6) is 0.596. The normalized spacial score (nSPS) is 15.7. The summed E-state index contributed by atoms with van der Waals surface area (Å²) in [6, 6.07) is -0.400. The highest BCUT2D eigenvalue weighted by Crippen LogP contribution is 2.23. The second-order valence-corrected chi connectivity index (χ2v) is 5.64. The minimum atomic E-state index is -4.27. The van der Waals surface area contributed by atoms with E-state index in [4.69, 9.17) is 11.6 Å². The van der Waals surface area contributed by atoms with Crippen LogP contribution in [0.15, 0.2) is 12.5 Å². The number of anilines is 1. The zero-order valence-electron chi connectivity index (χ0n) is 12.6. The Hall–Kier alpha value is -1.77. The quantitative estimate of drug-likeness (QED) is 0.838. The number of halogens is 4. The van der Waals surface area contributed by atoms with Crippen molar-refractivity contribution in [1.29, 1.82) is 0 Å². The summed E-state index contributed by atoms with van der Waals surface area (Å²) >= 11 is 6.03. The van der Waals surface area contributed by atoms with E-state index >= 15 is 0 Å². The van der Waals surface area contributed by atoms with Crippen LogP contribution in [0.1, 0.15) is 6.42 Å². The van der Waals surface area contributed by atoms with Crippen molar-refractivity contribution in [2.45, 2.75) is 12.6 Å². The first-order valence-electron chi connectivity index (χ1n) is 7.05. The van der Waals surface area contributed by atoms with Gasteiger partial charge in [0.25, 0.3) is 0 Å². The van der Waals surface area contributed by atoms with Crippen molar-refractivity contribution in [3.05, 3.63) is 17.5 Å². The van der Waals surface area contributed by atoms with Gasteiger partial charge in [0.05, 0.1) is 12.6 Å². The van der Waals surface area contributed by atoms with E-state index in [0.29, 0.717) is 37.0 Å². The monoisotopic (exact) mass is 351 g/mol. The van der Waals surface area contributed by atoms with E-state index in [2.05, 4.69) is 9.97 Å². The van der Waals surface area contributed by atoms with Crippen molar-refractivity contribution in [3.63, 3.8) is 0 Å². The lowest BCUT2D eigenvalue weighted by atomic mass is 10.3. The zero-order valence-corrected chi connectivity index (χ0v) is 13.3. The first kappa shape index (κ1) is 17.6. The van der Waals surface area contributed by atoms with Crippen LogP contribution in [0.5, 0.6) is 0 Å². The lowest BCUT2D eigenvalue weighted by Gasteiger charge is -2.37. The number of piperazine rings is 1. The Morgan fingerprint density at radius 1 is 1.35 bits per heavy atom. The van der Waals surface area contributed by atoms with Crippen molar-refractivity contribution >= 4 is 23.4 Å². The fourth-order valence-electron chi connectivity index (χ4n) is 2.28. The molecule has 2 rings (SSSR count). The summed E-state index contributed by atoms with van der Waals surface area (Å²) in [4.78, 5) is 24.6. The van der Waals surface area contributed by atoms with Gasteiger partial charge in [0.1, 0.15) is 11.3 Å². The van der Waals surface area contributed by atoms with Gasteiger partial charge >= 0.3 is 12.2 Å². The fourth-order valence-corrected chi connectivity index (χ4v) is 2.50. The molecule has 128 valence electrons. The van der Waals surface area contributed by atoms with Crippen LogP contribution in [-0.4, -0.2) is 71.7 Å². The van der Waals surface area contributed by atoms with Crippen molar-refractivity contribution < 1.29 is 18.0 Å². The van der Waals surface area contributed by atoms with E-state index in [1.165, 1.54) is 24.5 Å². The van der Waals surface area contributed by atoms with Gasteiger partial charge in [-0.15, -0.1) is 0 Å². The highest BCUT2D eigenvalue weighted by Gasteiger charge is 2.30. The summed E-state index contributed by atoms with van der Waals surface area (Å²) in [5, 5.41) is 0.426. The molecule has 1 saturated heterocycles. The summed E-state index contributed by atoms with van der Waals surface area (Å²) < 4.78 is 36.6. The molecule has 0 aliphatic carbocycles. The molecule has 0 N–H and O–H groups in total. The van der Waals surface area contributed by atoms with Gasteiger partial charge in [-0.1, -0.05) is 11.6 Å². The Morgan fingerprint density at radius 3 is 2.57 bits per heavy atom. The highest BCUT2D eigenvalue weighted by atomic mass is 35.5. The number of alkyl halides is 3. The third kappa shape index (κ3) is 4.85. The van der Waals surface area contributed by atoms with Gasteiger partial charge in [0.15, 0.2) is 5.82 Å². The average molecular weight is 352 g/mol. The molecule has 0 spiro atoms. The number of hydrogen-bond donors (Lipinski definition) is 0. The minimum Gasteiger partial charge on any atom is -0.352 e. The second kappa shape index (κ2) is 7.20. The number of hydrogen-bond acceptors (Lipinski definition) is 4. The Labute approximate surface area is 136 Å². The molecular formula is C13H17ClF3N5O. The Bertz CT molecular complexity index is 549. The van der Waals surface area contributed by atoms with Gasteiger partial charge < -0.3 is 14.7 Å². The Balaban J connectivity index is 1.86. The van der Waals surface area contributed by atoms with E-state index in [1.54, 1.807) is 0 Å². The maximum atomic E-state index is 12.2. The lowest BCUT2D eigenvalue weighted by molar-refractivity contribution is -0.136. The molecule has 1 aliphatic heterocycles. The van der Waals surface area contributed by atoms with Gasteiger partial charge in [0.2, 0.25) is 0 Å². The van der Waals surface area contributed by atoms with E-state index < -0.39 is 18.6 Å². The van der Waals surface area contributed by atoms with Crippen LogP contribution in [0.3, 0.4) is 0 Å². The summed E-state index contributed by atoms with van der Waals surface area (Å²) in [6.07, 6.45) is -2.39. The molecule has 2 heterocycles. The lowest BCUT2D eigenvalue weighted by Crippen LogP contribution is -2.52. The van der Waals surface area contributed by atoms with E-state index in [0.717, 1.165) is 4.90 Å². The average Bonchev–Trinajstić information content (AvgIpc) is 2.52. The smallest absolute Gasteiger partial charge is 0.352 e. The Morgan fingerprint density at radius 2 is 2.00 bits per heavy atom. The third-order valence-electron chi connectivity index (χ3n) is 3.56. The number of rotatable bonds is 3. The molecule has 2 amide bonds. The molecule has 0 atom stereocenters. The summed E-state index contributed by atoms with van der Waals surface area (Å²) in [6.45, 7) is 1.47. The van der Waals surface area contributed by atoms with Gasteiger partial charge in [-0.3, -0.25) is 0 Å². The third-order valence-corrected chi connectivity index (χ3v) is 3.82. The number of amides is 2. The molecule has 0 saturated carbocycles. The predicted molar refractivity (Wildman–Crippen MR) is 79.5 cm³/mol. The van der Waals surface area contributed by atoms with Crippen molar-refractivity contribution in [3.8, 4) is 0 Å². The van der Waals surface area contributed by atoms with Crippen LogP contribution in [-0.2, 0) is 0 Å². The molecule has 6 nitrogen and oxygen atoms in total. The molecule has 10 heteroatoms. The summed E-state index contributed by atoms with van der Waals surface area (Å²) in [5.41, 5.74) is 0. The SMILES string of the molecule is CN(CCC(F)(F)F)C(=O)N1CCN(c2ncncc2Cl)CC1. The molecule has 1 fully saturated rings. The van der Waals surface area contributed by atoms with Gasteiger partial charge in [-0.25, -0.2) is 14.8 Å². The number of carbonyl (C=O) groups is 1. The number of aromatic nitrogens is 2. The predicted octanol–water partition coefficient (Wildman–Crippen LogP) is 2.26. The first-order valence-corrected chi connectivity index (χ1v) is 7.43. The minimum absolute atomic E-state index is 0.347. The van der Waals surface area contributed by atoms with Crippen LogP contribution in [0.25, 0.3) is 0 Å². The molecule has 1 aromatic rings. The largest absolute Gasteiger partial charge is 0.390 e. The van der Waals surface area contributed by atoms with Gasteiger partial charge in [0, 0.05) is 39.8 Å². The van der Waals surface area contributed by atoms with Crippen molar-refractivity contribution in [2.75, 3.05) is 44.7 Å². The maximum absolute atomic E-state index is 12.2. The standard InChI is InChI=1S/C13H17ClF3N5O/c1-20(3-2-13(15,16)17)12(23)22-6-4-21(5-7-22)11-10(14)8-18-9-19-11/h8-9H,2-7H2,1H3. The molecular weight excluding hydrogens is 335 g/mol. The summed E-state index contributed by atoms with van der Waals surface area (Å²) in [7, 11) is 1.38. The molecule has 23 heavy (non-hydrogen) atoms. The van der Waals surface area contributed by atoms with Crippen LogP contribution < -0.4 is 4.90 Å². The molecule has 0 bridgehead atoms. The molecule has 1 aliphatic rings. The molecule has 1 aromatic heterocycles. The van der Waals surface area contributed by atoms with E-state index in [1.807, 2.05) is 4.90 Å². The van der Waals surface area contributed by atoms with E-state index in [9.17, 15) is 18.0 Å². The fraction of sp³-hybridized carbons (Fsp3) is 0.615. The molecule has 0 aromatic carbocycles. The maximum Gasteiger partial charge on any atom is 0.390 e. The van der Waals surface area contributed by atoms with E-state index in [-0.39, 0.29) is 6.54 Å². The van der Waals surface area contributed by atoms with Crippen LogP contribution in [0.4, 0.5) is 23.8 Å². The van der Waals surface area contributed by atoms with Crippen LogP contribution in [0, 0.1) is 0 Å². The van der Waals surface area contributed by atoms with Crippen molar-refractivity contribution in [1.82, 2.24) is 19.8 Å². The first-order chi connectivity index (χ1) is 10.8.